The van der Waals surface area contributed by atoms with E-state index in [0.29, 0.717) is 0 Å². The summed E-state index contributed by atoms with van der Waals surface area (Å²) >= 11 is 24.4. The van der Waals surface area contributed by atoms with Crippen molar-refractivity contribution in [2.24, 2.45) is 5.41 Å². The molecule has 0 saturated carbocycles. The Hall–Kier alpha value is -2.12. The smallest absolute Gasteiger partial charge is 0.340 e. The fraction of sp³-hybridized carbons (Fsp3) is 0.238. The maximum absolute atomic E-state index is 13.1. The van der Waals surface area contributed by atoms with Gasteiger partial charge in [-0.25, -0.2) is 9.69 Å². The normalized spacial score (nSPS) is 13.5. The molecule has 2 amide bonds. The largest absolute Gasteiger partial charge is 0.454 e. The van der Waals surface area contributed by atoms with E-state index in [2.05, 4.69) is 0 Å². The minimum atomic E-state index is -0.877. The minimum Gasteiger partial charge on any atom is -0.454 e. The number of benzene rings is 2. The van der Waals surface area contributed by atoms with Crippen LogP contribution in [0.5, 0.6) is 0 Å². The topological polar surface area (TPSA) is 80.8 Å². The average molecular weight is 503 g/mol. The molecule has 1 aliphatic rings. The number of carbonyl (C=O) groups excluding carboxylic acids is 4. The van der Waals surface area contributed by atoms with Gasteiger partial charge in [-0.1, -0.05) is 79.3 Å². The standard InChI is InChI=1S/C21H15Cl4NO5/c1-21(2,3)11(27)8-31-20(30)9-6-4-5-7-10(9)26-18(28)12-13(19(26)29)15(23)17(25)16(24)14(12)22/h4-7H,8H2,1-3H3. The number of para-hydroxylation sites is 1. The molecule has 31 heavy (non-hydrogen) atoms. The van der Waals surface area contributed by atoms with Crippen molar-refractivity contribution in [3.63, 3.8) is 0 Å². The van der Waals surface area contributed by atoms with Crippen LogP contribution in [0, 0.1) is 5.41 Å². The number of ketones is 1. The van der Waals surface area contributed by atoms with Gasteiger partial charge in [0, 0.05) is 5.41 Å². The number of anilines is 1. The molecule has 0 spiro atoms. The Labute approximate surface area is 197 Å². The Kier molecular flexibility index (Phi) is 6.40. The molecule has 0 unspecified atom stereocenters. The second-order valence-electron chi connectivity index (χ2n) is 7.72. The molecule has 0 radical (unpaired) electrons. The zero-order chi connectivity index (χ0) is 23.2. The molecule has 0 atom stereocenters. The van der Waals surface area contributed by atoms with Crippen molar-refractivity contribution in [2.75, 3.05) is 11.5 Å². The van der Waals surface area contributed by atoms with Crippen LogP contribution >= 0.6 is 46.4 Å². The molecule has 10 heteroatoms. The summed E-state index contributed by atoms with van der Waals surface area (Å²) < 4.78 is 5.12. The minimum absolute atomic E-state index is 0.0544. The van der Waals surface area contributed by atoms with Gasteiger partial charge >= 0.3 is 5.97 Å². The predicted molar refractivity (Wildman–Crippen MR) is 119 cm³/mol. The number of hydrogen-bond acceptors (Lipinski definition) is 5. The van der Waals surface area contributed by atoms with Gasteiger partial charge in [-0.15, -0.1) is 0 Å². The summed E-state index contributed by atoms with van der Waals surface area (Å²) in [5.41, 5.74) is -1.27. The van der Waals surface area contributed by atoms with Crippen LogP contribution in [-0.4, -0.2) is 30.2 Å². The quantitative estimate of drug-likeness (QED) is 0.226. The van der Waals surface area contributed by atoms with Crippen molar-refractivity contribution >= 4 is 75.7 Å². The number of fused-ring (bicyclic) bond motifs is 1. The Balaban J connectivity index is 2.02. The summed E-state index contributed by atoms with van der Waals surface area (Å²) in [5, 5.41) is -0.766. The molecule has 0 N–H and O–H groups in total. The number of nitrogens with zero attached hydrogens (tertiary/aromatic N) is 1. The summed E-state index contributed by atoms with van der Waals surface area (Å²) in [4.78, 5) is 51.6. The summed E-state index contributed by atoms with van der Waals surface area (Å²) in [6, 6.07) is 5.80. The molecule has 2 aromatic rings. The van der Waals surface area contributed by atoms with Gasteiger partial charge in [0.1, 0.15) is 0 Å². The van der Waals surface area contributed by atoms with E-state index in [-0.39, 0.29) is 48.3 Å². The van der Waals surface area contributed by atoms with Crippen molar-refractivity contribution in [3.8, 4) is 0 Å². The fourth-order valence-corrected chi connectivity index (χ4v) is 3.85. The number of Topliss-reactive ketones (excluding diaryl/α,β-unsaturated/α-hetero) is 1. The van der Waals surface area contributed by atoms with Crippen LogP contribution in [0.1, 0.15) is 51.8 Å². The Bertz CT molecular complexity index is 1110. The molecule has 3 rings (SSSR count). The third kappa shape index (κ3) is 4.05. The number of amides is 2. The highest BCUT2D eigenvalue weighted by molar-refractivity contribution is 6.56. The lowest BCUT2D eigenvalue weighted by molar-refractivity contribution is -0.129. The lowest BCUT2D eigenvalue weighted by Gasteiger charge is -2.19. The van der Waals surface area contributed by atoms with Crippen molar-refractivity contribution in [1.82, 2.24) is 0 Å². The van der Waals surface area contributed by atoms with Gasteiger partial charge in [0.15, 0.2) is 12.4 Å². The van der Waals surface area contributed by atoms with Gasteiger partial charge in [-0.2, -0.15) is 0 Å². The van der Waals surface area contributed by atoms with Crippen LogP contribution in [0.3, 0.4) is 0 Å². The molecular weight excluding hydrogens is 488 g/mol. The van der Waals surface area contributed by atoms with Crippen LogP contribution in [0.2, 0.25) is 20.1 Å². The SMILES string of the molecule is CC(C)(C)C(=O)COC(=O)c1ccccc1N1C(=O)c2c(Cl)c(Cl)c(Cl)c(Cl)c2C1=O. The van der Waals surface area contributed by atoms with Crippen molar-refractivity contribution in [2.45, 2.75) is 20.8 Å². The van der Waals surface area contributed by atoms with E-state index in [0.717, 1.165) is 4.90 Å². The number of ether oxygens (including phenoxy) is 1. The third-order valence-electron chi connectivity index (χ3n) is 4.64. The van der Waals surface area contributed by atoms with E-state index in [9.17, 15) is 19.2 Å². The zero-order valence-corrected chi connectivity index (χ0v) is 19.5. The first-order valence-electron chi connectivity index (χ1n) is 8.92. The van der Waals surface area contributed by atoms with E-state index < -0.39 is 29.8 Å². The van der Waals surface area contributed by atoms with Crippen molar-refractivity contribution < 1.29 is 23.9 Å². The van der Waals surface area contributed by atoms with Crippen LogP contribution in [0.15, 0.2) is 24.3 Å². The van der Waals surface area contributed by atoms with Gasteiger partial charge in [0.2, 0.25) is 0 Å². The molecule has 162 valence electrons. The Morgan fingerprint density at radius 2 is 1.35 bits per heavy atom. The molecule has 0 aromatic heterocycles. The highest BCUT2D eigenvalue weighted by atomic mass is 35.5. The van der Waals surface area contributed by atoms with Crippen LogP contribution in [0.4, 0.5) is 5.69 Å². The average Bonchev–Trinajstić information content (AvgIpc) is 2.98. The van der Waals surface area contributed by atoms with E-state index in [1.807, 2.05) is 0 Å². The number of halogens is 4. The molecule has 0 bridgehead atoms. The lowest BCUT2D eigenvalue weighted by atomic mass is 9.91. The van der Waals surface area contributed by atoms with Crippen LogP contribution in [0.25, 0.3) is 0 Å². The van der Waals surface area contributed by atoms with E-state index >= 15 is 0 Å². The van der Waals surface area contributed by atoms with E-state index in [4.69, 9.17) is 51.1 Å². The van der Waals surface area contributed by atoms with Crippen LogP contribution in [-0.2, 0) is 9.53 Å². The summed E-state index contributed by atoms with van der Waals surface area (Å²) in [5.74, 6) is -2.81. The second-order valence-corrected chi connectivity index (χ2v) is 9.23. The zero-order valence-electron chi connectivity index (χ0n) is 16.5. The number of rotatable bonds is 4. The summed E-state index contributed by atoms with van der Waals surface area (Å²) in [6.07, 6.45) is 0. The number of imide groups is 1. The second kappa shape index (κ2) is 8.43. The monoisotopic (exact) mass is 501 g/mol. The first-order valence-corrected chi connectivity index (χ1v) is 10.4. The van der Waals surface area contributed by atoms with Crippen molar-refractivity contribution in [1.29, 1.82) is 0 Å². The number of carbonyl (C=O) groups is 4. The van der Waals surface area contributed by atoms with Crippen molar-refractivity contribution in [3.05, 3.63) is 61.0 Å². The maximum atomic E-state index is 13.1. The molecular formula is C21H15Cl4NO5. The molecule has 1 heterocycles. The van der Waals surface area contributed by atoms with Gasteiger partial charge in [0.25, 0.3) is 11.8 Å². The molecule has 1 aliphatic heterocycles. The van der Waals surface area contributed by atoms with Gasteiger partial charge in [-0.3, -0.25) is 14.4 Å². The molecule has 0 fully saturated rings. The molecule has 2 aromatic carbocycles. The molecule has 0 saturated heterocycles. The Morgan fingerprint density at radius 3 is 1.84 bits per heavy atom. The van der Waals surface area contributed by atoms with Crippen LogP contribution < -0.4 is 4.90 Å². The molecule has 0 aliphatic carbocycles. The first-order chi connectivity index (χ1) is 14.4. The first kappa shape index (κ1) is 23.5. The lowest BCUT2D eigenvalue weighted by Crippen LogP contribution is -2.32. The van der Waals surface area contributed by atoms with Gasteiger partial charge in [-0.05, 0) is 12.1 Å². The van der Waals surface area contributed by atoms with E-state index in [1.54, 1.807) is 20.8 Å². The predicted octanol–water partition coefficient (Wildman–Crippen LogP) is 5.87. The fourth-order valence-electron chi connectivity index (χ4n) is 2.83. The summed E-state index contributed by atoms with van der Waals surface area (Å²) in [7, 11) is 0. The highest BCUT2D eigenvalue weighted by Crippen LogP contribution is 2.46. The molecule has 6 nitrogen and oxygen atoms in total. The van der Waals surface area contributed by atoms with Gasteiger partial charge in [0.05, 0.1) is 42.5 Å². The third-order valence-corrected chi connectivity index (χ3v) is 6.44. The Morgan fingerprint density at radius 1 is 0.871 bits per heavy atom. The highest BCUT2D eigenvalue weighted by Gasteiger charge is 2.43. The number of esters is 1. The summed E-state index contributed by atoms with van der Waals surface area (Å²) in [6.45, 7) is 4.63. The van der Waals surface area contributed by atoms with Gasteiger partial charge < -0.3 is 4.74 Å². The number of hydrogen-bond donors (Lipinski definition) is 0. The van der Waals surface area contributed by atoms with E-state index in [1.165, 1.54) is 24.3 Å². The maximum Gasteiger partial charge on any atom is 0.340 e.